The third-order valence-electron chi connectivity index (χ3n) is 9.66. The molecule has 3 fully saturated rings. The molecule has 5 rings (SSSR count). The summed E-state index contributed by atoms with van der Waals surface area (Å²) in [5, 5.41) is 2.88. The van der Waals surface area contributed by atoms with Crippen molar-refractivity contribution in [1.82, 2.24) is 15.1 Å². The van der Waals surface area contributed by atoms with Crippen LogP contribution in [-0.2, 0) is 31.5 Å². The Morgan fingerprint density at radius 2 is 1.60 bits per heavy atom. The van der Waals surface area contributed by atoms with Gasteiger partial charge in [0.2, 0.25) is 17.7 Å². The summed E-state index contributed by atoms with van der Waals surface area (Å²) in [5.74, 6) is -2.96. The van der Waals surface area contributed by atoms with Gasteiger partial charge in [-0.05, 0) is 74.6 Å². The van der Waals surface area contributed by atoms with Gasteiger partial charge in [-0.1, -0.05) is 12.1 Å². The first-order valence-electron chi connectivity index (χ1n) is 15.5. The normalized spacial score (nSPS) is 25.1. The molecule has 2 aromatic carbocycles. The monoisotopic (exact) mass is 705 g/mol. The van der Waals surface area contributed by atoms with E-state index in [1.807, 2.05) is 6.92 Å². The minimum absolute atomic E-state index is 0.0236. The van der Waals surface area contributed by atoms with Crippen LogP contribution in [0.5, 0.6) is 0 Å². The first-order chi connectivity index (χ1) is 22.4. The molecule has 0 aromatic heterocycles. The number of fused-ring (bicyclic) bond motifs is 1. The molecule has 3 saturated heterocycles. The Morgan fingerprint density at radius 1 is 1.02 bits per heavy atom. The van der Waals surface area contributed by atoms with Crippen LogP contribution < -0.4 is 5.32 Å². The molecule has 1 N–H and O–H groups in total. The molecule has 7 nitrogen and oxygen atoms in total. The van der Waals surface area contributed by atoms with Gasteiger partial charge in [0, 0.05) is 49.5 Å². The minimum Gasteiger partial charge on any atom is -0.368 e. The number of benzene rings is 2. The zero-order valence-electron chi connectivity index (χ0n) is 26.1. The van der Waals surface area contributed by atoms with Crippen molar-refractivity contribution >= 4 is 29.3 Å². The van der Waals surface area contributed by atoms with Crippen molar-refractivity contribution in [2.75, 3.05) is 25.5 Å². The molecule has 48 heavy (non-hydrogen) atoms. The number of piperidine rings is 2. The molecule has 3 heterocycles. The second-order valence-corrected chi connectivity index (χ2v) is 13.3. The summed E-state index contributed by atoms with van der Waals surface area (Å²) < 4.78 is 102. The Labute approximate surface area is 277 Å². The molecule has 0 saturated carbocycles. The molecule has 3 aliphatic rings. The third kappa shape index (κ3) is 7.74. The van der Waals surface area contributed by atoms with Gasteiger partial charge in [0.05, 0.1) is 23.3 Å². The van der Waals surface area contributed by atoms with E-state index >= 15 is 0 Å². The number of hydrogen-bond donors (Lipinski definition) is 1. The van der Waals surface area contributed by atoms with Crippen LogP contribution in [0.3, 0.4) is 0 Å². The number of carbonyl (C=O) groups is 3. The van der Waals surface area contributed by atoms with Gasteiger partial charge in [0.15, 0.2) is 0 Å². The molecule has 3 amide bonds. The number of likely N-dealkylation sites (tertiary alicyclic amines) is 1. The average molecular weight is 706 g/mol. The van der Waals surface area contributed by atoms with E-state index in [0.717, 1.165) is 0 Å². The molecule has 2 aromatic rings. The van der Waals surface area contributed by atoms with Crippen molar-refractivity contribution < 1.29 is 49.9 Å². The van der Waals surface area contributed by atoms with Crippen LogP contribution >= 0.6 is 11.6 Å². The Balaban J connectivity index is 1.38. The number of nitrogens with one attached hydrogen (secondary N) is 1. The fourth-order valence-electron chi connectivity index (χ4n) is 7.11. The molecule has 0 radical (unpaired) electrons. The highest BCUT2D eigenvalue weighted by atomic mass is 35.5. The Bertz CT molecular complexity index is 1490. The van der Waals surface area contributed by atoms with Gasteiger partial charge in [0.25, 0.3) is 0 Å². The Hall–Kier alpha value is -3.39. The summed E-state index contributed by atoms with van der Waals surface area (Å²) in [6, 6.07) is 6.07. The molecule has 15 heteroatoms. The SMILES string of the molecule is C[C@@H](O[C@H]1CN2C(=O)CC(C(=O)N3CCC(C)(NC(=O)CCl)CC3)C[C@H]2[C@@H]1c1ccc(F)cc1)c1cc(C(F)(F)F)cc(C(F)(F)F)c1. The van der Waals surface area contributed by atoms with Crippen LogP contribution in [0.25, 0.3) is 0 Å². The number of hydrogen-bond acceptors (Lipinski definition) is 4. The van der Waals surface area contributed by atoms with E-state index in [2.05, 4.69) is 5.32 Å². The van der Waals surface area contributed by atoms with Crippen LogP contribution in [-0.4, -0.2) is 70.7 Å². The topological polar surface area (TPSA) is 79.0 Å². The van der Waals surface area contributed by atoms with E-state index in [9.17, 15) is 45.1 Å². The number of carbonyl (C=O) groups excluding carboxylic acids is 3. The van der Waals surface area contributed by atoms with Gasteiger partial charge < -0.3 is 19.9 Å². The first-order valence-corrected chi connectivity index (χ1v) is 16.1. The number of ether oxygens (including phenoxy) is 1. The number of halogens is 8. The average Bonchev–Trinajstić information content (AvgIpc) is 3.38. The van der Waals surface area contributed by atoms with Gasteiger partial charge in [-0.25, -0.2) is 4.39 Å². The molecule has 3 aliphatic heterocycles. The molecule has 262 valence electrons. The minimum atomic E-state index is -5.04. The summed E-state index contributed by atoms with van der Waals surface area (Å²) in [5.41, 5.74) is -3.29. The molecule has 5 atom stereocenters. The predicted molar refractivity (Wildman–Crippen MR) is 160 cm³/mol. The first kappa shape index (κ1) is 35.9. The standard InChI is InChI=1S/C33H35ClF7N3O4/c1-18(20-11-22(32(36,37)38)15-23(12-20)33(39,40)41)48-26-17-44-25(29(26)19-3-5-24(35)6-4-19)13-21(14-28(44)46)30(47)43-9-7-31(2,8-10-43)42-27(45)16-34/h3-6,11-12,15,18,21,25-26,29H,7-10,13-14,16-17H2,1-2H3,(H,42,45)/t18-,21?,25+,26+,29+/m1/s1. The van der Waals surface area contributed by atoms with Gasteiger partial charge in [-0.2, -0.15) is 26.3 Å². The second-order valence-electron chi connectivity index (χ2n) is 13.1. The highest BCUT2D eigenvalue weighted by molar-refractivity contribution is 6.27. The van der Waals surface area contributed by atoms with Crippen molar-refractivity contribution in [2.24, 2.45) is 5.92 Å². The van der Waals surface area contributed by atoms with E-state index in [4.69, 9.17) is 16.3 Å². The third-order valence-corrected chi connectivity index (χ3v) is 9.91. The zero-order valence-corrected chi connectivity index (χ0v) is 26.9. The molecule has 1 unspecified atom stereocenters. The maximum absolute atomic E-state index is 13.9. The molecular weight excluding hydrogens is 671 g/mol. The second kappa shape index (κ2) is 13.5. The van der Waals surface area contributed by atoms with Gasteiger partial charge >= 0.3 is 12.4 Å². The predicted octanol–water partition coefficient (Wildman–Crippen LogP) is 6.45. The van der Waals surface area contributed by atoms with Crippen LogP contribution in [0.15, 0.2) is 42.5 Å². The summed E-state index contributed by atoms with van der Waals surface area (Å²) in [7, 11) is 0. The summed E-state index contributed by atoms with van der Waals surface area (Å²) in [6.07, 6.45) is -11.1. The lowest BCUT2D eigenvalue weighted by molar-refractivity contribution is -0.148. The van der Waals surface area contributed by atoms with Crippen molar-refractivity contribution in [3.63, 3.8) is 0 Å². The number of nitrogens with zero attached hydrogens (tertiary/aromatic N) is 2. The lowest BCUT2D eigenvalue weighted by Crippen LogP contribution is -2.56. The van der Waals surface area contributed by atoms with Crippen LogP contribution in [0.1, 0.15) is 73.8 Å². The molecular formula is C33H35ClF7N3O4. The van der Waals surface area contributed by atoms with Crippen LogP contribution in [0.4, 0.5) is 30.7 Å². The van der Waals surface area contributed by atoms with Crippen molar-refractivity contribution in [3.05, 3.63) is 70.5 Å². The van der Waals surface area contributed by atoms with Gasteiger partial charge in [-0.15, -0.1) is 11.6 Å². The highest BCUT2D eigenvalue weighted by Crippen LogP contribution is 2.45. The maximum Gasteiger partial charge on any atom is 0.416 e. The summed E-state index contributed by atoms with van der Waals surface area (Å²) in [4.78, 5) is 42.3. The molecule has 0 aliphatic carbocycles. The van der Waals surface area contributed by atoms with Gasteiger partial charge in [0.1, 0.15) is 11.7 Å². The van der Waals surface area contributed by atoms with Crippen molar-refractivity contribution in [3.8, 4) is 0 Å². The van der Waals surface area contributed by atoms with Gasteiger partial charge in [-0.3, -0.25) is 14.4 Å². The van der Waals surface area contributed by atoms with Crippen LogP contribution in [0, 0.1) is 11.7 Å². The van der Waals surface area contributed by atoms with Crippen molar-refractivity contribution in [1.29, 1.82) is 0 Å². The number of rotatable bonds is 7. The fourth-order valence-corrected chi connectivity index (χ4v) is 7.18. The lowest BCUT2D eigenvalue weighted by atomic mass is 9.80. The maximum atomic E-state index is 13.9. The summed E-state index contributed by atoms with van der Waals surface area (Å²) >= 11 is 5.63. The Morgan fingerprint density at radius 3 is 2.15 bits per heavy atom. The number of alkyl halides is 7. The Kier molecular flexibility index (Phi) is 10.1. The van der Waals surface area contributed by atoms with Crippen molar-refractivity contribution in [2.45, 2.75) is 81.6 Å². The van der Waals surface area contributed by atoms with E-state index in [1.54, 1.807) is 4.90 Å². The van der Waals surface area contributed by atoms with E-state index in [0.29, 0.717) is 43.6 Å². The lowest BCUT2D eigenvalue weighted by Gasteiger charge is -2.42. The largest absolute Gasteiger partial charge is 0.416 e. The zero-order chi connectivity index (χ0) is 35.2. The smallest absolute Gasteiger partial charge is 0.368 e. The fraction of sp³-hybridized carbons (Fsp3) is 0.545. The summed E-state index contributed by atoms with van der Waals surface area (Å²) in [6.45, 7) is 3.88. The highest BCUT2D eigenvalue weighted by Gasteiger charge is 2.51. The van der Waals surface area contributed by atoms with E-state index < -0.39 is 64.9 Å². The van der Waals surface area contributed by atoms with E-state index in [-0.39, 0.29) is 54.6 Å². The quantitative estimate of drug-likeness (QED) is 0.266. The molecule has 0 spiro atoms. The van der Waals surface area contributed by atoms with Crippen LogP contribution in [0.2, 0.25) is 0 Å². The van der Waals surface area contributed by atoms with E-state index in [1.165, 1.54) is 36.1 Å². The molecule has 0 bridgehead atoms. The number of amides is 3.